The maximum Gasteiger partial charge on any atom is 0.191 e. The molecule has 2 aliphatic rings. The maximum absolute atomic E-state index is 6.12. The van der Waals surface area contributed by atoms with Crippen LogP contribution in [0.2, 0.25) is 0 Å². The molecule has 0 spiro atoms. The van der Waals surface area contributed by atoms with Crippen LogP contribution in [-0.2, 0) is 4.74 Å². The van der Waals surface area contributed by atoms with Crippen molar-refractivity contribution in [2.45, 2.75) is 65.5 Å². The number of aryl methyl sites for hydroxylation is 1. The molecular weight excluding hydrogens is 362 g/mol. The molecule has 0 bridgehead atoms. The molecule has 2 saturated heterocycles. The van der Waals surface area contributed by atoms with Gasteiger partial charge in [0.25, 0.3) is 0 Å². The summed E-state index contributed by atoms with van der Waals surface area (Å²) in [6, 6.07) is 4.71. The SMILES string of the molecule is CN=C(NCC1CCCOC1C(C)(C)C)NC1CCN(c2ccc(C)cn2)CC1. The first kappa shape index (κ1) is 21.9. The van der Waals surface area contributed by atoms with Crippen LogP contribution < -0.4 is 15.5 Å². The molecular formula is C23H39N5O. The lowest BCUT2D eigenvalue weighted by atomic mass is 9.78. The number of anilines is 1. The van der Waals surface area contributed by atoms with Gasteiger partial charge < -0.3 is 20.3 Å². The van der Waals surface area contributed by atoms with E-state index in [1.54, 1.807) is 0 Å². The number of nitrogens with one attached hydrogen (secondary N) is 2. The lowest BCUT2D eigenvalue weighted by Gasteiger charge is -2.40. The highest BCUT2D eigenvalue weighted by Gasteiger charge is 2.35. The minimum Gasteiger partial charge on any atom is -0.377 e. The molecule has 6 heteroatoms. The van der Waals surface area contributed by atoms with E-state index in [1.165, 1.54) is 12.0 Å². The first-order chi connectivity index (χ1) is 13.9. The molecule has 2 fully saturated rings. The van der Waals surface area contributed by atoms with Crippen LogP contribution in [0.1, 0.15) is 52.0 Å². The Bertz CT molecular complexity index is 659. The summed E-state index contributed by atoms with van der Waals surface area (Å²) in [4.78, 5) is 11.4. The van der Waals surface area contributed by atoms with Crippen LogP contribution in [0.4, 0.5) is 5.82 Å². The average Bonchev–Trinajstić information content (AvgIpc) is 2.72. The molecule has 3 heterocycles. The van der Waals surface area contributed by atoms with Crippen LogP contribution in [0.3, 0.4) is 0 Å². The van der Waals surface area contributed by atoms with Gasteiger partial charge in [0, 0.05) is 51.4 Å². The Morgan fingerprint density at radius 2 is 2.00 bits per heavy atom. The van der Waals surface area contributed by atoms with Crippen molar-refractivity contribution in [3.05, 3.63) is 23.9 Å². The smallest absolute Gasteiger partial charge is 0.191 e. The second kappa shape index (κ2) is 9.79. The number of ether oxygens (including phenoxy) is 1. The Morgan fingerprint density at radius 3 is 2.62 bits per heavy atom. The lowest BCUT2D eigenvalue weighted by Crippen LogP contribution is -2.51. The molecule has 0 aliphatic carbocycles. The highest BCUT2D eigenvalue weighted by Crippen LogP contribution is 2.33. The number of rotatable bonds is 4. The van der Waals surface area contributed by atoms with E-state index in [4.69, 9.17) is 4.74 Å². The van der Waals surface area contributed by atoms with Gasteiger partial charge in [0.15, 0.2) is 5.96 Å². The van der Waals surface area contributed by atoms with E-state index in [0.717, 1.165) is 57.3 Å². The molecule has 0 amide bonds. The molecule has 1 aromatic rings. The molecule has 162 valence electrons. The minimum atomic E-state index is 0.167. The van der Waals surface area contributed by atoms with E-state index in [1.807, 2.05) is 13.2 Å². The van der Waals surface area contributed by atoms with Crippen LogP contribution in [-0.4, -0.2) is 56.4 Å². The summed E-state index contributed by atoms with van der Waals surface area (Å²) in [5.41, 5.74) is 1.37. The average molecular weight is 402 g/mol. The van der Waals surface area contributed by atoms with E-state index < -0.39 is 0 Å². The largest absolute Gasteiger partial charge is 0.377 e. The molecule has 0 saturated carbocycles. The van der Waals surface area contributed by atoms with Gasteiger partial charge in [0.1, 0.15) is 5.82 Å². The second-order valence-electron chi connectivity index (χ2n) is 9.61. The zero-order valence-electron chi connectivity index (χ0n) is 18.9. The van der Waals surface area contributed by atoms with Gasteiger partial charge in [-0.1, -0.05) is 26.8 Å². The lowest BCUT2D eigenvalue weighted by molar-refractivity contribution is -0.0835. The van der Waals surface area contributed by atoms with Crippen LogP contribution in [0.5, 0.6) is 0 Å². The Kier molecular flexibility index (Phi) is 7.38. The van der Waals surface area contributed by atoms with E-state index in [0.29, 0.717) is 18.1 Å². The van der Waals surface area contributed by atoms with Crippen molar-refractivity contribution in [2.24, 2.45) is 16.3 Å². The number of pyridine rings is 1. The third-order valence-corrected chi connectivity index (χ3v) is 6.11. The second-order valence-corrected chi connectivity index (χ2v) is 9.61. The number of aromatic nitrogens is 1. The van der Waals surface area contributed by atoms with Crippen molar-refractivity contribution in [2.75, 3.05) is 38.2 Å². The Balaban J connectivity index is 1.46. The van der Waals surface area contributed by atoms with Crippen molar-refractivity contribution in [1.29, 1.82) is 0 Å². The van der Waals surface area contributed by atoms with Gasteiger partial charge in [0.2, 0.25) is 0 Å². The minimum absolute atomic E-state index is 0.167. The Morgan fingerprint density at radius 1 is 1.24 bits per heavy atom. The third-order valence-electron chi connectivity index (χ3n) is 6.11. The molecule has 0 radical (unpaired) electrons. The van der Waals surface area contributed by atoms with Crippen molar-refractivity contribution in [3.8, 4) is 0 Å². The quantitative estimate of drug-likeness (QED) is 0.598. The van der Waals surface area contributed by atoms with Gasteiger partial charge >= 0.3 is 0 Å². The number of piperidine rings is 1. The summed E-state index contributed by atoms with van der Waals surface area (Å²) in [5, 5.41) is 7.20. The molecule has 29 heavy (non-hydrogen) atoms. The zero-order valence-corrected chi connectivity index (χ0v) is 18.9. The van der Waals surface area contributed by atoms with Crippen LogP contribution >= 0.6 is 0 Å². The fraction of sp³-hybridized carbons (Fsp3) is 0.739. The number of nitrogens with zero attached hydrogens (tertiary/aromatic N) is 3. The van der Waals surface area contributed by atoms with Gasteiger partial charge in [-0.3, -0.25) is 4.99 Å². The number of hydrogen-bond acceptors (Lipinski definition) is 4. The summed E-state index contributed by atoms with van der Waals surface area (Å²) >= 11 is 0. The summed E-state index contributed by atoms with van der Waals surface area (Å²) in [6.45, 7) is 12.8. The molecule has 2 aliphatic heterocycles. The van der Waals surface area contributed by atoms with Gasteiger partial charge in [-0.25, -0.2) is 4.98 Å². The fourth-order valence-corrected chi connectivity index (χ4v) is 4.53. The van der Waals surface area contributed by atoms with Crippen molar-refractivity contribution in [3.63, 3.8) is 0 Å². The Labute approximate surface area is 176 Å². The van der Waals surface area contributed by atoms with Crippen LogP contribution in [0, 0.1) is 18.3 Å². The number of hydrogen-bond donors (Lipinski definition) is 2. The molecule has 0 aromatic carbocycles. The molecule has 1 aromatic heterocycles. The molecule has 2 N–H and O–H groups in total. The van der Waals surface area contributed by atoms with Crippen molar-refractivity contribution < 1.29 is 4.74 Å². The first-order valence-corrected chi connectivity index (χ1v) is 11.1. The summed E-state index contributed by atoms with van der Waals surface area (Å²) in [7, 11) is 1.86. The Hall–Kier alpha value is -1.82. The van der Waals surface area contributed by atoms with E-state index in [-0.39, 0.29) is 5.41 Å². The number of aliphatic imine (C=N–C) groups is 1. The zero-order chi connectivity index (χ0) is 20.9. The highest BCUT2D eigenvalue weighted by atomic mass is 16.5. The van der Waals surface area contributed by atoms with Crippen molar-refractivity contribution in [1.82, 2.24) is 15.6 Å². The fourth-order valence-electron chi connectivity index (χ4n) is 4.53. The topological polar surface area (TPSA) is 61.8 Å². The molecule has 6 nitrogen and oxygen atoms in total. The summed E-state index contributed by atoms with van der Waals surface area (Å²) < 4.78 is 6.12. The van der Waals surface area contributed by atoms with Gasteiger partial charge in [-0.15, -0.1) is 0 Å². The predicted octanol–water partition coefficient (Wildman–Crippen LogP) is 3.37. The first-order valence-electron chi connectivity index (χ1n) is 11.1. The normalized spacial score (nSPS) is 24.4. The predicted molar refractivity (Wildman–Crippen MR) is 121 cm³/mol. The highest BCUT2D eigenvalue weighted by molar-refractivity contribution is 5.80. The van der Waals surface area contributed by atoms with E-state index in [9.17, 15) is 0 Å². The van der Waals surface area contributed by atoms with Crippen LogP contribution in [0.25, 0.3) is 0 Å². The maximum atomic E-state index is 6.12. The number of guanidine groups is 1. The molecule has 2 atom stereocenters. The standard InChI is InChI=1S/C23H39N5O/c1-17-8-9-20(25-15-17)28-12-10-19(11-13-28)27-22(24-5)26-16-18-7-6-14-29-21(18)23(2,3)4/h8-9,15,18-19,21H,6-7,10-14,16H2,1-5H3,(H2,24,26,27). The van der Waals surface area contributed by atoms with Gasteiger partial charge in [-0.2, -0.15) is 0 Å². The van der Waals surface area contributed by atoms with E-state index in [2.05, 4.69) is 65.3 Å². The van der Waals surface area contributed by atoms with Crippen LogP contribution in [0.15, 0.2) is 23.3 Å². The summed E-state index contributed by atoms with van der Waals surface area (Å²) in [5.74, 6) is 2.52. The molecule has 3 rings (SSSR count). The van der Waals surface area contributed by atoms with Gasteiger partial charge in [0.05, 0.1) is 6.10 Å². The van der Waals surface area contributed by atoms with Crippen molar-refractivity contribution >= 4 is 11.8 Å². The molecule has 2 unspecified atom stereocenters. The third kappa shape index (κ3) is 6.08. The van der Waals surface area contributed by atoms with Gasteiger partial charge in [-0.05, 0) is 49.7 Å². The summed E-state index contributed by atoms with van der Waals surface area (Å²) in [6.07, 6.45) is 6.79. The van der Waals surface area contributed by atoms with E-state index >= 15 is 0 Å². The monoisotopic (exact) mass is 401 g/mol.